The van der Waals surface area contributed by atoms with Crippen LogP contribution in [-0.4, -0.2) is 0 Å². The molecule has 20 heavy (non-hydrogen) atoms. The Hall–Kier alpha value is -0.540. The van der Waals surface area contributed by atoms with Crippen molar-refractivity contribution in [1.82, 2.24) is 5.32 Å². The van der Waals surface area contributed by atoms with Crippen LogP contribution in [0.15, 0.2) is 40.9 Å². The fraction of sp³-hybridized carbons (Fsp3) is 0.250. The minimum absolute atomic E-state index is 0.206. The number of halogens is 3. The van der Waals surface area contributed by atoms with Crippen LogP contribution in [0.5, 0.6) is 0 Å². The van der Waals surface area contributed by atoms with Crippen molar-refractivity contribution in [1.29, 1.82) is 0 Å². The largest absolute Gasteiger partial charge is 0.306 e. The van der Waals surface area contributed by atoms with E-state index in [1.165, 1.54) is 11.1 Å². The molecule has 0 bridgehead atoms. The van der Waals surface area contributed by atoms with Gasteiger partial charge in [-0.1, -0.05) is 57.3 Å². The summed E-state index contributed by atoms with van der Waals surface area (Å²) in [7, 11) is 0. The molecule has 2 rings (SSSR count). The molecule has 0 saturated carbocycles. The highest BCUT2D eigenvalue weighted by Crippen LogP contribution is 2.26. The second kappa shape index (κ2) is 6.95. The molecule has 1 atom stereocenters. The van der Waals surface area contributed by atoms with Gasteiger partial charge in [0, 0.05) is 17.1 Å². The average molecular weight is 373 g/mol. The Bertz CT molecular complexity index is 613. The molecule has 0 saturated heterocycles. The third-order valence-corrected chi connectivity index (χ3v) is 4.73. The molecule has 0 heterocycles. The Morgan fingerprint density at radius 3 is 2.50 bits per heavy atom. The topological polar surface area (TPSA) is 12.0 Å². The summed E-state index contributed by atoms with van der Waals surface area (Å²) in [5, 5.41) is 4.67. The molecule has 0 fully saturated rings. The number of aryl methyl sites for hydroxylation is 1. The molecule has 2 aromatic carbocycles. The highest BCUT2D eigenvalue weighted by atomic mass is 79.9. The maximum atomic E-state index is 6.05. The van der Waals surface area contributed by atoms with Crippen LogP contribution in [0.3, 0.4) is 0 Å². The monoisotopic (exact) mass is 371 g/mol. The molecule has 0 aromatic heterocycles. The molecule has 4 heteroatoms. The van der Waals surface area contributed by atoms with Gasteiger partial charge in [-0.2, -0.15) is 0 Å². The number of hydrogen-bond donors (Lipinski definition) is 1. The van der Waals surface area contributed by atoms with E-state index in [0.717, 1.165) is 16.6 Å². The lowest BCUT2D eigenvalue weighted by Gasteiger charge is -2.16. The number of nitrogens with one attached hydrogen (secondary N) is 1. The van der Waals surface area contributed by atoms with Crippen LogP contribution in [0.25, 0.3) is 0 Å². The molecule has 1 unspecified atom stereocenters. The molecule has 0 aliphatic heterocycles. The zero-order valence-corrected chi connectivity index (χ0v) is 14.5. The molecule has 0 radical (unpaired) electrons. The van der Waals surface area contributed by atoms with E-state index >= 15 is 0 Å². The van der Waals surface area contributed by atoms with E-state index in [4.69, 9.17) is 23.2 Å². The Labute approximate surface area is 138 Å². The van der Waals surface area contributed by atoms with E-state index in [1.807, 2.05) is 18.2 Å². The van der Waals surface area contributed by atoms with Gasteiger partial charge >= 0.3 is 0 Å². The van der Waals surface area contributed by atoms with Crippen molar-refractivity contribution in [3.8, 4) is 0 Å². The van der Waals surface area contributed by atoms with Gasteiger partial charge < -0.3 is 5.32 Å². The average Bonchev–Trinajstić information content (AvgIpc) is 2.40. The van der Waals surface area contributed by atoms with E-state index in [2.05, 4.69) is 53.3 Å². The van der Waals surface area contributed by atoms with E-state index < -0.39 is 0 Å². The first-order valence-corrected chi connectivity index (χ1v) is 7.95. The molecule has 0 amide bonds. The van der Waals surface area contributed by atoms with Crippen molar-refractivity contribution < 1.29 is 0 Å². The van der Waals surface area contributed by atoms with E-state index in [0.29, 0.717) is 10.0 Å². The fourth-order valence-electron chi connectivity index (χ4n) is 1.96. The maximum absolute atomic E-state index is 6.05. The van der Waals surface area contributed by atoms with Crippen LogP contribution in [-0.2, 0) is 6.54 Å². The Morgan fingerprint density at radius 1 is 1.10 bits per heavy atom. The summed E-state index contributed by atoms with van der Waals surface area (Å²) in [5.74, 6) is 0. The lowest BCUT2D eigenvalue weighted by Crippen LogP contribution is -2.18. The summed E-state index contributed by atoms with van der Waals surface area (Å²) in [4.78, 5) is 0. The smallest absolute Gasteiger partial charge is 0.0595 e. The quantitative estimate of drug-likeness (QED) is 0.702. The molecular weight excluding hydrogens is 357 g/mol. The van der Waals surface area contributed by atoms with Gasteiger partial charge in [-0.15, -0.1) is 0 Å². The van der Waals surface area contributed by atoms with Crippen LogP contribution in [0, 0.1) is 6.92 Å². The minimum Gasteiger partial charge on any atom is -0.306 e. The molecule has 1 nitrogen and oxygen atoms in total. The highest BCUT2D eigenvalue weighted by Gasteiger charge is 2.08. The number of benzene rings is 2. The summed E-state index contributed by atoms with van der Waals surface area (Å²) in [6.45, 7) is 4.99. The first kappa shape index (κ1) is 15.8. The SMILES string of the molecule is Cc1ccc(CNC(C)c2ccc(Cl)c(Cl)c2)c(Br)c1. The summed E-state index contributed by atoms with van der Waals surface area (Å²) < 4.78 is 1.13. The van der Waals surface area contributed by atoms with Crippen molar-refractivity contribution in [2.24, 2.45) is 0 Å². The first-order chi connectivity index (χ1) is 9.47. The van der Waals surface area contributed by atoms with Crippen LogP contribution in [0.4, 0.5) is 0 Å². The van der Waals surface area contributed by atoms with Gasteiger partial charge in [0.15, 0.2) is 0 Å². The van der Waals surface area contributed by atoms with Gasteiger partial charge in [-0.3, -0.25) is 0 Å². The summed E-state index contributed by atoms with van der Waals surface area (Å²) in [5.41, 5.74) is 3.61. The van der Waals surface area contributed by atoms with Gasteiger partial charge in [-0.05, 0) is 48.7 Å². The molecule has 0 aliphatic carbocycles. The van der Waals surface area contributed by atoms with Crippen LogP contribution >= 0.6 is 39.1 Å². The van der Waals surface area contributed by atoms with Gasteiger partial charge in [0.2, 0.25) is 0 Å². The third-order valence-electron chi connectivity index (χ3n) is 3.25. The third kappa shape index (κ3) is 3.98. The van der Waals surface area contributed by atoms with Crippen molar-refractivity contribution >= 4 is 39.1 Å². The second-order valence-corrected chi connectivity index (χ2v) is 6.54. The first-order valence-electron chi connectivity index (χ1n) is 6.40. The van der Waals surface area contributed by atoms with Crippen molar-refractivity contribution in [3.63, 3.8) is 0 Å². The van der Waals surface area contributed by atoms with Crippen LogP contribution in [0.1, 0.15) is 29.7 Å². The van der Waals surface area contributed by atoms with Crippen LogP contribution in [0.2, 0.25) is 10.0 Å². The van der Waals surface area contributed by atoms with Gasteiger partial charge in [0.05, 0.1) is 10.0 Å². The van der Waals surface area contributed by atoms with Gasteiger partial charge in [0.1, 0.15) is 0 Å². The summed E-state index contributed by atoms with van der Waals surface area (Å²) in [6.07, 6.45) is 0. The second-order valence-electron chi connectivity index (χ2n) is 4.87. The Kier molecular flexibility index (Phi) is 5.50. The normalized spacial score (nSPS) is 12.4. The summed E-state index contributed by atoms with van der Waals surface area (Å²) >= 11 is 15.6. The van der Waals surface area contributed by atoms with Crippen LogP contribution < -0.4 is 5.32 Å². The number of hydrogen-bond acceptors (Lipinski definition) is 1. The van der Waals surface area contributed by atoms with Gasteiger partial charge in [-0.25, -0.2) is 0 Å². The lowest BCUT2D eigenvalue weighted by molar-refractivity contribution is 0.574. The highest BCUT2D eigenvalue weighted by molar-refractivity contribution is 9.10. The zero-order valence-electron chi connectivity index (χ0n) is 11.4. The number of rotatable bonds is 4. The fourth-order valence-corrected chi connectivity index (χ4v) is 2.90. The van der Waals surface area contributed by atoms with E-state index in [1.54, 1.807) is 0 Å². The molecule has 106 valence electrons. The van der Waals surface area contributed by atoms with E-state index in [-0.39, 0.29) is 6.04 Å². The summed E-state index contributed by atoms with van der Waals surface area (Å²) in [6, 6.07) is 12.3. The molecular formula is C16H16BrCl2N. The Balaban J connectivity index is 2.04. The Morgan fingerprint density at radius 2 is 1.85 bits per heavy atom. The van der Waals surface area contributed by atoms with Gasteiger partial charge in [0.25, 0.3) is 0 Å². The predicted molar refractivity (Wildman–Crippen MR) is 90.6 cm³/mol. The molecule has 0 aliphatic rings. The molecule has 2 aromatic rings. The maximum Gasteiger partial charge on any atom is 0.0595 e. The standard InChI is InChI=1S/C16H16BrCl2N/c1-10-3-4-13(14(17)7-10)9-20-11(2)12-5-6-15(18)16(19)8-12/h3-8,11,20H,9H2,1-2H3. The van der Waals surface area contributed by atoms with E-state index in [9.17, 15) is 0 Å². The molecule has 1 N–H and O–H groups in total. The predicted octanol–water partition coefficient (Wildman–Crippen LogP) is 5.92. The van der Waals surface area contributed by atoms with Crippen molar-refractivity contribution in [3.05, 3.63) is 67.6 Å². The van der Waals surface area contributed by atoms with Crippen molar-refractivity contribution in [2.75, 3.05) is 0 Å². The zero-order chi connectivity index (χ0) is 14.7. The molecule has 0 spiro atoms. The van der Waals surface area contributed by atoms with Crippen molar-refractivity contribution in [2.45, 2.75) is 26.4 Å². The lowest BCUT2D eigenvalue weighted by atomic mass is 10.1. The minimum atomic E-state index is 0.206.